The standard InChI is InChI=1S/C20H21N3O2.2ClH/c1-4-19(24)23(3)13-18-14(2)20-15(7-5-9-17(20)25-18)11-22-16-8-6-10-21-12-16;;/h4-10,12,22H,1,11,13H2,2-3H3;2*1H. The maximum absolute atomic E-state index is 11.7. The average molecular weight is 408 g/mol. The van der Waals surface area contributed by atoms with E-state index in [1.807, 2.05) is 31.2 Å². The first-order valence-corrected chi connectivity index (χ1v) is 8.11. The van der Waals surface area contributed by atoms with Gasteiger partial charge >= 0.3 is 0 Å². The second-order valence-electron chi connectivity index (χ2n) is 5.93. The Labute approximate surface area is 171 Å². The normalized spacial score (nSPS) is 9.85. The molecule has 2 aromatic heterocycles. The Kier molecular flexibility index (Phi) is 8.34. The molecule has 27 heavy (non-hydrogen) atoms. The number of hydrogen-bond acceptors (Lipinski definition) is 4. The number of anilines is 1. The molecule has 0 bridgehead atoms. The van der Waals surface area contributed by atoms with Crippen molar-refractivity contribution in [1.29, 1.82) is 0 Å². The van der Waals surface area contributed by atoms with Crippen molar-refractivity contribution in [3.05, 3.63) is 72.3 Å². The predicted molar refractivity (Wildman–Crippen MR) is 114 cm³/mol. The van der Waals surface area contributed by atoms with Gasteiger partial charge in [0, 0.05) is 36.9 Å². The smallest absolute Gasteiger partial charge is 0.246 e. The molecule has 0 aliphatic heterocycles. The number of likely N-dealkylation sites (N-methyl/N-ethyl adjacent to an activating group) is 1. The summed E-state index contributed by atoms with van der Waals surface area (Å²) in [7, 11) is 1.74. The third kappa shape index (κ3) is 5.02. The Morgan fingerprint density at radius 3 is 2.74 bits per heavy atom. The largest absolute Gasteiger partial charge is 0.459 e. The third-order valence-corrected chi connectivity index (χ3v) is 4.22. The van der Waals surface area contributed by atoms with E-state index in [0.29, 0.717) is 13.1 Å². The summed E-state index contributed by atoms with van der Waals surface area (Å²) in [6.45, 7) is 6.64. The molecule has 0 unspecified atom stereocenters. The van der Waals surface area contributed by atoms with Crippen LogP contribution in [0.15, 0.2) is 59.8 Å². The highest BCUT2D eigenvalue weighted by atomic mass is 35.5. The fourth-order valence-corrected chi connectivity index (χ4v) is 2.85. The Balaban J connectivity index is 0.00000182. The summed E-state index contributed by atoms with van der Waals surface area (Å²) in [4.78, 5) is 17.4. The number of halogens is 2. The van der Waals surface area contributed by atoms with E-state index in [-0.39, 0.29) is 30.7 Å². The molecule has 0 aliphatic rings. The van der Waals surface area contributed by atoms with Gasteiger partial charge in [0.05, 0.1) is 12.2 Å². The van der Waals surface area contributed by atoms with Gasteiger partial charge in [0.2, 0.25) is 5.91 Å². The van der Waals surface area contributed by atoms with Crippen molar-refractivity contribution in [2.24, 2.45) is 0 Å². The molecule has 3 aromatic rings. The van der Waals surface area contributed by atoms with E-state index in [4.69, 9.17) is 4.42 Å². The molecule has 1 N–H and O–H groups in total. The van der Waals surface area contributed by atoms with Crippen LogP contribution in [-0.4, -0.2) is 22.8 Å². The van der Waals surface area contributed by atoms with E-state index in [2.05, 4.69) is 22.9 Å². The van der Waals surface area contributed by atoms with E-state index >= 15 is 0 Å². The number of amides is 1. The maximum atomic E-state index is 11.7. The highest BCUT2D eigenvalue weighted by Crippen LogP contribution is 2.29. The van der Waals surface area contributed by atoms with Gasteiger partial charge in [-0.25, -0.2) is 0 Å². The highest BCUT2D eigenvalue weighted by molar-refractivity contribution is 5.88. The van der Waals surface area contributed by atoms with Crippen LogP contribution in [0.2, 0.25) is 0 Å². The number of furan rings is 1. The van der Waals surface area contributed by atoms with Gasteiger partial charge in [-0.15, -0.1) is 24.8 Å². The van der Waals surface area contributed by atoms with Crippen LogP contribution in [0.3, 0.4) is 0 Å². The quantitative estimate of drug-likeness (QED) is 0.599. The molecular weight excluding hydrogens is 385 g/mol. The van der Waals surface area contributed by atoms with E-state index in [1.54, 1.807) is 24.3 Å². The molecule has 1 aromatic carbocycles. The number of carbonyl (C=O) groups excluding carboxylic acids is 1. The van der Waals surface area contributed by atoms with Crippen molar-refractivity contribution in [2.45, 2.75) is 20.0 Å². The topological polar surface area (TPSA) is 58.4 Å². The number of rotatable bonds is 6. The van der Waals surface area contributed by atoms with E-state index in [0.717, 1.165) is 33.5 Å². The van der Waals surface area contributed by atoms with E-state index in [9.17, 15) is 4.79 Å². The summed E-state index contributed by atoms with van der Waals surface area (Å²) in [5.74, 6) is 0.667. The molecule has 0 saturated heterocycles. The molecule has 0 saturated carbocycles. The Morgan fingerprint density at radius 1 is 1.30 bits per heavy atom. The highest BCUT2D eigenvalue weighted by Gasteiger charge is 2.16. The van der Waals surface area contributed by atoms with Crippen molar-refractivity contribution in [2.75, 3.05) is 12.4 Å². The number of pyridine rings is 1. The third-order valence-electron chi connectivity index (χ3n) is 4.22. The Morgan fingerprint density at radius 2 is 2.07 bits per heavy atom. The molecular formula is C20H23Cl2N3O2. The first-order valence-electron chi connectivity index (χ1n) is 8.11. The first-order chi connectivity index (χ1) is 12.1. The lowest BCUT2D eigenvalue weighted by Crippen LogP contribution is -2.23. The van der Waals surface area contributed by atoms with Gasteiger partial charge in [0.15, 0.2) is 0 Å². The van der Waals surface area contributed by atoms with Crippen LogP contribution >= 0.6 is 24.8 Å². The number of nitrogens with zero attached hydrogens (tertiary/aromatic N) is 2. The number of benzene rings is 1. The van der Waals surface area contributed by atoms with E-state index < -0.39 is 0 Å². The van der Waals surface area contributed by atoms with Crippen molar-refractivity contribution in [1.82, 2.24) is 9.88 Å². The minimum atomic E-state index is -0.127. The summed E-state index contributed by atoms with van der Waals surface area (Å²) in [6, 6.07) is 9.90. The van der Waals surface area contributed by atoms with Crippen molar-refractivity contribution in [3.63, 3.8) is 0 Å². The molecule has 0 radical (unpaired) electrons. The van der Waals surface area contributed by atoms with Gasteiger partial charge in [0.1, 0.15) is 11.3 Å². The van der Waals surface area contributed by atoms with Crippen molar-refractivity contribution < 1.29 is 9.21 Å². The summed E-state index contributed by atoms with van der Waals surface area (Å²) < 4.78 is 5.99. The SMILES string of the molecule is C=CC(=O)N(C)Cc1oc2cccc(CNc3cccnc3)c2c1C.Cl.Cl. The molecule has 3 rings (SSSR count). The maximum Gasteiger partial charge on any atom is 0.246 e. The van der Waals surface area contributed by atoms with Gasteiger partial charge in [-0.1, -0.05) is 18.7 Å². The summed E-state index contributed by atoms with van der Waals surface area (Å²) in [5.41, 5.74) is 4.00. The first kappa shape index (κ1) is 22.5. The second kappa shape index (κ2) is 10.00. The molecule has 144 valence electrons. The van der Waals surface area contributed by atoms with E-state index in [1.165, 1.54) is 6.08 Å². The fourth-order valence-electron chi connectivity index (χ4n) is 2.85. The van der Waals surface area contributed by atoms with Crippen LogP contribution in [-0.2, 0) is 17.9 Å². The molecule has 0 aliphatic carbocycles. The zero-order chi connectivity index (χ0) is 17.8. The molecule has 0 fully saturated rings. The van der Waals surface area contributed by atoms with Crippen LogP contribution in [0.1, 0.15) is 16.9 Å². The number of aromatic nitrogens is 1. The number of hydrogen-bond donors (Lipinski definition) is 1. The van der Waals surface area contributed by atoms with Gasteiger partial charge in [-0.3, -0.25) is 9.78 Å². The summed E-state index contributed by atoms with van der Waals surface area (Å²) in [5, 5.41) is 4.47. The zero-order valence-electron chi connectivity index (χ0n) is 15.3. The van der Waals surface area contributed by atoms with Crippen LogP contribution in [0, 0.1) is 6.92 Å². The van der Waals surface area contributed by atoms with Gasteiger partial charge < -0.3 is 14.6 Å². The van der Waals surface area contributed by atoms with Crippen LogP contribution < -0.4 is 5.32 Å². The number of nitrogens with one attached hydrogen (secondary N) is 1. The molecule has 0 spiro atoms. The lowest BCUT2D eigenvalue weighted by molar-refractivity contribution is -0.125. The van der Waals surface area contributed by atoms with Crippen LogP contribution in [0.5, 0.6) is 0 Å². The molecule has 2 heterocycles. The minimum Gasteiger partial charge on any atom is -0.459 e. The van der Waals surface area contributed by atoms with Crippen molar-refractivity contribution >= 4 is 47.4 Å². The van der Waals surface area contributed by atoms with Crippen molar-refractivity contribution in [3.8, 4) is 0 Å². The molecule has 0 atom stereocenters. The molecule has 1 amide bonds. The molecule has 5 nitrogen and oxygen atoms in total. The zero-order valence-corrected chi connectivity index (χ0v) is 16.9. The van der Waals surface area contributed by atoms with Gasteiger partial charge in [0.25, 0.3) is 0 Å². The number of fused-ring (bicyclic) bond motifs is 1. The number of carbonyl (C=O) groups is 1. The van der Waals surface area contributed by atoms with Gasteiger partial charge in [-0.2, -0.15) is 0 Å². The average Bonchev–Trinajstić information content (AvgIpc) is 2.96. The second-order valence-corrected chi connectivity index (χ2v) is 5.93. The van der Waals surface area contributed by atoms with Crippen LogP contribution in [0.25, 0.3) is 11.0 Å². The summed E-state index contributed by atoms with van der Waals surface area (Å²) >= 11 is 0. The monoisotopic (exact) mass is 407 g/mol. The molecule has 7 heteroatoms. The number of aryl methyl sites for hydroxylation is 1. The lowest BCUT2D eigenvalue weighted by atomic mass is 10.1. The minimum absolute atomic E-state index is 0. The summed E-state index contributed by atoms with van der Waals surface area (Å²) in [6.07, 6.45) is 4.85. The Hall–Kier alpha value is -2.50. The lowest BCUT2D eigenvalue weighted by Gasteiger charge is -2.13. The predicted octanol–water partition coefficient (Wildman–Crippen LogP) is 4.74. The Bertz CT molecular complexity index is 910. The fraction of sp³-hybridized carbons (Fsp3) is 0.200. The van der Waals surface area contributed by atoms with Crippen LogP contribution in [0.4, 0.5) is 5.69 Å². The van der Waals surface area contributed by atoms with Gasteiger partial charge in [-0.05, 0) is 36.8 Å².